The molecule has 2 aromatic carbocycles. The third-order valence-electron chi connectivity index (χ3n) is 4.79. The van der Waals surface area contributed by atoms with Gasteiger partial charge in [-0.1, -0.05) is 59.3 Å². The number of nitrogens with zero attached hydrogens (tertiary/aromatic N) is 2. The van der Waals surface area contributed by atoms with Crippen LogP contribution >= 0.6 is 34.7 Å². The topological polar surface area (TPSA) is 64.0 Å². The van der Waals surface area contributed by atoms with E-state index in [-0.39, 0.29) is 17.2 Å². The number of aryl methyl sites for hydroxylation is 1. The summed E-state index contributed by atoms with van der Waals surface area (Å²) in [7, 11) is 0. The molecule has 0 aliphatic heterocycles. The highest BCUT2D eigenvalue weighted by Gasteiger charge is 2.18. The monoisotopic (exact) mass is 481 g/mol. The number of carbonyl (C=O) groups excluding carboxylic acids is 1. The molecule has 2 heterocycles. The number of thiophene rings is 1. The maximum atomic E-state index is 13.4. The number of allylic oxidation sites excluding steroid dienone is 1. The second-order valence-corrected chi connectivity index (χ2v) is 9.38. The molecule has 0 radical (unpaired) electrons. The van der Waals surface area contributed by atoms with E-state index in [4.69, 9.17) is 16.6 Å². The lowest BCUT2D eigenvalue weighted by atomic mass is 10.1. The van der Waals surface area contributed by atoms with Gasteiger partial charge in [-0.15, -0.1) is 17.9 Å². The number of fused-ring (bicyclic) bond motifs is 1. The van der Waals surface area contributed by atoms with Gasteiger partial charge in [-0.25, -0.2) is 4.98 Å². The Labute approximate surface area is 198 Å². The van der Waals surface area contributed by atoms with Crippen molar-refractivity contribution in [2.75, 3.05) is 11.1 Å². The summed E-state index contributed by atoms with van der Waals surface area (Å²) in [6.45, 7) is 6.11. The Balaban J connectivity index is 1.63. The van der Waals surface area contributed by atoms with E-state index >= 15 is 0 Å². The normalized spacial score (nSPS) is 10.9. The highest BCUT2D eigenvalue weighted by Crippen LogP contribution is 2.32. The molecular formula is C24H20ClN3O2S2. The van der Waals surface area contributed by atoms with Crippen LogP contribution < -0.4 is 10.9 Å². The number of benzene rings is 2. The summed E-state index contributed by atoms with van der Waals surface area (Å²) >= 11 is 8.54. The molecule has 0 saturated heterocycles. The quantitative estimate of drug-likeness (QED) is 0.199. The van der Waals surface area contributed by atoms with Gasteiger partial charge in [0, 0.05) is 28.2 Å². The van der Waals surface area contributed by atoms with Crippen LogP contribution in [-0.2, 0) is 11.3 Å². The average molecular weight is 482 g/mol. The highest BCUT2D eigenvalue weighted by molar-refractivity contribution is 7.99. The van der Waals surface area contributed by atoms with Crippen LogP contribution in [0.2, 0.25) is 5.02 Å². The Bertz CT molecular complexity index is 1340. The standard InChI is InChI=1S/C24H20ClN3O2S2/c1-3-12-28-23(30)21-19(16-6-4-15(2)5-7-16)13-31-22(21)27-24(28)32-14-20(29)26-18-10-8-17(25)9-11-18/h3-11,13H,1,12,14H2,2H3,(H,26,29). The molecule has 0 aliphatic carbocycles. The minimum Gasteiger partial charge on any atom is -0.325 e. The number of hydrogen-bond donors (Lipinski definition) is 1. The summed E-state index contributed by atoms with van der Waals surface area (Å²) in [5, 5.41) is 6.47. The summed E-state index contributed by atoms with van der Waals surface area (Å²) in [5.41, 5.74) is 3.54. The van der Waals surface area contributed by atoms with E-state index in [1.54, 1.807) is 34.9 Å². The van der Waals surface area contributed by atoms with Gasteiger partial charge in [0.1, 0.15) is 4.83 Å². The Kier molecular flexibility index (Phi) is 6.79. The molecule has 2 aromatic heterocycles. The number of nitrogens with one attached hydrogen (secondary N) is 1. The van der Waals surface area contributed by atoms with Crippen molar-refractivity contribution >= 4 is 56.5 Å². The fourth-order valence-electron chi connectivity index (χ4n) is 3.21. The van der Waals surface area contributed by atoms with Crippen molar-refractivity contribution in [3.63, 3.8) is 0 Å². The molecule has 0 unspecified atom stereocenters. The molecule has 1 amide bonds. The van der Waals surface area contributed by atoms with E-state index in [2.05, 4.69) is 11.9 Å². The van der Waals surface area contributed by atoms with Gasteiger partial charge in [-0.3, -0.25) is 14.2 Å². The van der Waals surface area contributed by atoms with Crippen LogP contribution in [0.15, 0.2) is 76.5 Å². The fraction of sp³-hybridized carbons (Fsp3) is 0.125. The minimum atomic E-state index is -0.191. The van der Waals surface area contributed by atoms with Crippen molar-refractivity contribution in [2.45, 2.75) is 18.6 Å². The Morgan fingerprint density at radius 3 is 2.62 bits per heavy atom. The highest BCUT2D eigenvalue weighted by atomic mass is 35.5. The van der Waals surface area contributed by atoms with Gasteiger partial charge in [0.15, 0.2) is 5.16 Å². The summed E-state index contributed by atoms with van der Waals surface area (Å²) in [6, 6.07) is 15.0. The van der Waals surface area contributed by atoms with Crippen molar-refractivity contribution in [3.05, 3.63) is 87.5 Å². The number of amides is 1. The number of rotatable bonds is 7. The second-order valence-electron chi connectivity index (χ2n) is 7.14. The van der Waals surface area contributed by atoms with E-state index in [1.165, 1.54) is 23.1 Å². The smallest absolute Gasteiger partial charge is 0.263 e. The van der Waals surface area contributed by atoms with Gasteiger partial charge in [0.2, 0.25) is 5.91 Å². The van der Waals surface area contributed by atoms with E-state index in [0.717, 1.165) is 16.7 Å². The average Bonchev–Trinajstić information content (AvgIpc) is 3.21. The lowest BCUT2D eigenvalue weighted by Gasteiger charge is -2.11. The maximum absolute atomic E-state index is 13.4. The molecule has 8 heteroatoms. The zero-order valence-corrected chi connectivity index (χ0v) is 19.7. The molecule has 32 heavy (non-hydrogen) atoms. The zero-order chi connectivity index (χ0) is 22.7. The molecule has 0 atom stereocenters. The number of aromatic nitrogens is 2. The van der Waals surface area contributed by atoms with Gasteiger partial charge >= 0.3 is 0 Å². The van der Waals surface area contributed by atoms with E-state index in [9.17, 15) is 9.59 Å². The molecule has 4 rings (SSSR count). The first-order valence-corrected chi connectivity index (χ1v) is 12.1. The number of thioether (sulfide) groups is 1. The zero-order valence-electron chi connectivity index (χ0n) is 17.3. The van der Waals surface area contributed by atoms with Crippen molar-refractivity contribution in [3.8, 4) is 11.1 Å². The summed E-state index contributed by atoms with van der Waals surface area (Å²) in [4.78, 5) is 31.2. The predicted molar refractivity (Wildman–Crippen MR) is 135 cm³/mol. The van der Waals surface area contributed by atoms with Crippen LogP contribution in [0.5, 0.6) is 0 Å². The summed E-state index contributed by atoms with van der Waals surface area (Å²) < 4.78 is 1.57. The van der Waals surface area contributed by atoms with Gasteiger partial charge < -0.3 is 5.32 Å². The van der Waals surface area contributed by atoms with E-state index in [1.807, 2.05) is 36.6 Å². The number of carbonyl (C=O) groups is 1. The minimum absolute atomic E-state index is 0.119. The lowest BCUT2D eigenvalue weighted by molar-refractivity contribution is -0.113. The van der Waals surface area contributed by atoms with Gasteiger partial charge in [0.05, 0.1) is 11.1 Å². The molecule has 1 N–H and O–H groups in total. The first-order chi connectivity index (χ1) is 15.5. The SMILES string of the molecule is C=CCn1c(SCC(=O)Nc2ccc(Cl)cc2)nc2scc(-c3ccc(C)cc3)c2c1=O. The van der Waals surface area contributed by atoms with Gasteiger partial charge in [-0.05, 0) is 36.8 Å². The maximum Gasteiger partial charge on any atom is 0.263 e. The largest absolute Gasteiger partial charge is 0.325 e. The second kappa shape index (κ2) is 9.73. The molecule has 4 aromatic rings. The Morgan fingerprint density at radius 2 is 1.94 bits per heavy atom. The molecule has 0 saturated carbocycles. The van der Waals surface area contributed by atoms with Crippen LogP contribution in [0.3, 0.4) is 0 Å². The predicted octanol–water partition coefficient (Wildman–Crippen LogP) is 6.00. The summed E-state index contributed by atoms with van der Waals surface area (Å²) in [6.07, 6.45) is 1.66. The van der Waals surface area contributed by atoms with Crippen molar-refractivity contribution in [1.82, 2.24) is 9.55 Å². The van der Waals surface area contributed by atoms with Crippen molar-refractivity contribution in [1.29, 1.82) is 0 Å². The first-order valence-electron chi connectivity index (χ1n) is 9.84. The van der Waals surface area contributed by atoms with Crippen molar-refractivity contribution < 1.29 is 4.79 Å². The molecular weight excluding hydrogens is 462 g/mol. The summed E-state index contributed by atoms with van der Waals surface area (Å²) in [5.74, 6) is -0.0724. The van der Waals surface area contributed by atoms with Crippen LogP contribution in [0.4, 0.5) is 5.69 Å². The van der Waals surface area contributed by atoms with Gasteiger partial charge in [-0.2, -0.15) is 0 Å². The van der Waals surface area contributed by atoms with E-state index < -0.39 is 0 Å². The number of anilines is 1. The lowest BCUT2D eigenvalue weighted by Crippen LogP contribution is -2.23. The van der Waals surface area contributed by atoms with Crippen LogP contribution in [0.1, 0.15) is 5.56 Å². The molecule has 5 nitrogen and oxygen atoms in total. The first kappa shape index (κ1) is 22.3. The van der Waals surface area contributed by atoms with Crippen LogP contribution in [0, 0.1) is 6.92 Å². The van der Waals surface area contributed by atoms with Crippen LogP contribution in [0.25, 0.3) is 21.3 Å². The number of halogens is 1. The molecule has 0 aliphatic rings. The van der Waals surface area contributed by atoms with Crippen molar-refractivity contribution in [2.24, 2.45) is 0 Å². The Morgan fingerprint density at radius 1 is 1.22 bits per heavy atom. The Hall–Kier alpha value is -2.87. The molecule has 0 bridgehead atoms. The molecule has 0 fully saturated rings. The van der Waals surface area contributed by atoms with Gasteiger partial charge in [0.25, 0.3) is 5.56 Å². The van der Waals surface area contributed by atoms with Crippen LogP contribution in [-0.4, -0.2) is 21.2 Å². The number of hydrogen-bond acceptors (Lipinski definition) is 5. The third-order valence-corrected chi connectivity index (χ3v) is 6.89. The van der Waals surface area contributed by atoms with E-state index in [0.29, 0.717) is 32.6 Å². The molecule has 0 spiro atoms. The fourth-order valence-corrected chi connectivity index (χ4v) is 5.13. The third kappa shape index (κ3) is 4.80. The molecule has 162 valence electrons.